The van der Waals surface area contributed by atoms with Gasteiger partial charge in [-0.25, -0.2) is 4.98 Å². The Hall–Kier alpha value is -2.02. The summed E-state index contributed by atoms with van der Waals surface area (Å²) in [5.74, 6) is 0.0465. The van der Waals surface area contributed by atoms with Crippen LogP contribution in [0.15, 0.2) is 18.6 Å². The molecule has 1 rings (SSSR count). The predicted octanol–water partition coefficient (Wildman–Crippen LogP) is 1.12. The van der Waals surface area contributed by atoms with Crippen LogP contribution in [0.3, 0.4) is 0 Å². The Bertz CT molecular complexity index is 493. The smallest absolute Gasteiger partial charge is 0.274 e. The number of hydrogen-bond acceptors (Lipinski definition) is 5. The fourth-order valence-corrected chi connectivity index (χ4v) is 1.82. The van der Waals surface area contributed by atoms with Crippen molar-refractivity contribution < 1.29 is 14.3 Å². The number of nitrogens with zero attached hydrogens (tertiary/aromatic N) is 3. The van der Waals surface area contributed by atoms with Crippen LogP contribution in [0.4, 0.5) is 0 Å². The number of aromatic nitrogens is 2. The molecule has 1 unspecified atom stereocenters. The lowest BCUT2D eigenvalue weighted by Gasteiger charge is -2.23. The Morgan fingerprint density at radius 3 is 2.57 bits per heavy atom. The number of amides is 2. The molecule has 7 heteroatoms. The fourth-order valence-electron chi connectivity index (χ4n) is 1.82. The SMILES string of the molecule is COCCN(CCC(=O)NC(C)C(C)C)C(=O)c1cnccn1. The van der Waals surface area contributed by atoms with Gasteiger partial charge in [0, 0.05) is 45.1 Å². The van der Waals surface area contributed by atoms with E-state index in [0.29, 0.717) is 25.6 Å². The van der Waals surface area contributed by atoms with Crippen molar-refractivity contribution in [3.05, 3.63) is 24.3 Å². The highest BCUT2D eigenvalue weighted by Gasteiger charge is 2.19. The van der Waals surface area contributed by atoms with E-state index in [1.165, 1.54) is 18.6 Å². The van der Waals surface area contributed by atoms with Crippen LogP contribution in [0.1, 0.15) is 37.7 Å². The summed E-state index contributed by atoms with van der Waals surface area (Å²) in [6.45, 7) is 7.18. The topological polar surface area (TPSA) is 84.4 Å². The minimum Gasteiger partial charge on any atom is -0.383 e. The summed E-state index contributed by atoms with van der Waals surface area (Å²) in [6, 6.07) is 0.102. The summed E-state index contributed by atoms with van der Waals surface area (Å²) in [7, 11) is 1.57. The summed E-state index contributed by atoms with van der Waals surface area (Å²) in [6.07, 6.45) is 4.64. The van der Waals surface area contributed by atoms with Gasteiger partial charge in [-0.3, -0.25) is 14.6 Å². The molecule has 1 aromatic rings. The Morgan fingerprint density at radius 2 is 2.00 bits per heavy atom. The van der Waals surface area contributed by atoms with Gasteiger partial charge in [-0.05, 0) is 12.8 Å². The minimum absolute atomic E-state index is 0.0689. The van der Waals surface area contributed by atoms with Crippen LogP contribution >= 0.6 is 0 Å². The number of hydrogen-bond donors (Lipinski definition) is 1. The molecule has 1 atom stereocenters. The Balaban J connectivity index is 2.61. The molecule has 0 radical (unpaired) electrons. The van der Waals surface area contributed by atoms with Crippen molar-refractivity contribution >= 4 is 11.8 Å². The fraction of sp³-hybridized carbons (Fsp3) is 0.625. The van der Waals surface area contributed by atoms with Crippen LogP contribution < -0.4 is 5.32 Å². The van der Waals surface area contributed by atoms with Gasteiger partial charge in [0.15, 0.2) is 0 Å². The largest absolute Gasteiger partial charge is 0.383 e. The number of carbonyl (C=O) groups excluding carboxylic acids is 2. The molecule has 0 fully saturated rings. The standard InChI is InChI=1S/C16H26N4O3/c1-12(2)13(3)19-15(21)5-8-20(9-10-23-4)16(22)14-11-17-6-7-18-14/h6-7,11-13H,5,8-10H2,1-4H3,(H,19,21). The molecule has 128 valence electrons. The Morgan fingerprint density at radius 1 is 1.26 bits per heavy atom. The molecule has 0 spiro atoms. The second-order valence-electron chi connectivity index (χ2n) is 5.73. The van der Waals surface area contributed by atoms with E-state index < -0.39 is 0 Å². The average molecular weight is 322 g/mol. The van der Waals surface area contributed by atoms with E-state index in [0.717, 1.165) is 0 Å². The molecule has 1 N–H and O–H groups in total. The van der Waals surface area contributed by atoms with E-state index in [1.807, 2.05) is 20.8 Å². The van der Waals surface area contributed by atoms with Crippen molar-refractivity contribution in [2.45, 2.75) is 33.2 Å². The van der Waals surface area contributed by atoms with Gasteiger partial charge in [-0.15, -0.1) is 0 Å². The summed E-state index contributed by atoms with van der Waals surface area (Å²) < 4.78 is 5.03. The first-order chi connectivity index (χ1) is 11.0. The van der Waals surface area contributed by atoms with Crippen LogP contribution in [0.2, 0.25) is 0 Å². The monoisotopic (exact) mass is 322 g/mol. The van der Waals surface area contributed by atoms with Crippen molar-refractivity contribution in [1.82, 2.24) is 20.2 Å². The lowest BCUT2D eigenvalue weighted by atomic mass is 10.1. The molecule has 1 heterocycles. The first kappa shape index (κ1) is 19.0. The van der Waals surface area contributed by atoms with Gasteiger partial charge < -0.3 is 15.0 Å². The van der Waals surface area contributed by atoms with E-state index in [1.54, 1.807) is 12.0 Å². The molecule has 7 nitrogen and oxygen atoms in total. The van der Waals surface area contributed by atoms with Crippen LogP contribution in [-0.2, 0) is 9.53 Å². The number of carbonyl (C=O) groups is 2. The summed E-state index contributed by atoms with van der Waals surface area (Å²) in [5, 5.41) is 2.93. The van der Waals surface area contributed by atoms with E-state index in [9.17, 15) is 9.59 Å². The van der Waals surface area contributed by atoms with E-state index in [-0.39, 0.29) is 30.0 Å². The zero-order valence-electron chi connectivity index (χ0n) is 14.3. The molecule has 23 heavy (non-hydrogen) atoms. The maximum absolute atomic E-state index is 12.4. The maximum atomic E-state index is 12.4. The van der Waals surface area contributed by atoms with E-state index in [4.69, 9.17) is 4.74 Å². The van der Waals surface area contributed by atoms with Crippen molar-refractivity contribution in [1.29, 1.82) is 0 Å². The van der Waals surface area contributed by atoms with Crippen LogP contribution in [0, 0.1) is 5.92 Å². The molecule has 0 aliphatic carbocycles. The molecule has 0 saturated heterocycles. The lowest BCUT2D eigenvalue weighted by Crippen LogP contribution is -2.40. The number of methoxy groups -OCH3 is 1. The molecule has 0 bridgehead atoms. The Labute approximate surface area is 137 Å². The lowest BCUT2D eigenvalue weighted by molar-refractivity contribution is -0.122. The minimum atomic E-state index is -0.250. The van der Waals surface area contributed by atoms with Gasteiger partial charge in [0.25, 0.3) is 5.91 Å². The van der Waals surface area contributed by atoms with Crippen molar-refractivity contribution in [2.75, 3.05) is 26.8 Å². The third-order valence-corrected chi connectivity index (χ3v) is 3.63. The number of rotatable bonds is 9. The van der Waals surface area contributed by atoms with Gasteiger partial charge >= 0.3 is 0 Å². The van der Waals surface area contributed by atoms with Gasteiger partial charge in [0.1, 0.15) is 5.69 Å². The molecular weight excluding hydrogens is 296 g/mol. The van der Waals surface area contributed by atoms with Gasteiger partial charge in [0.05, 0.1) is 12.8 Å². The average Bonchev–Trinajstić information content (AvgIpc) is 2.55. The highest BCUT2D eigenvalue weighted by atomic mass is 16.5. The molecular formula is C16H26N4O3. The van der Waals surface area contributed by atoms with E-state index in [2.05, 4.69) is 15.3 Å². The molecule has 2 amide bonds. The van der Waals surface area contributed by atoms with Crippen molar-refractivity contribution in [3.8, 4) is 0 Å². The first-order valence-electron chi connectivity index (χ1n) is 7.79. The molecule has 0 aromatic carbocycles. The molecule has 0 aliphatic rings. The Kier molecular flexibility index (Phi) is 8.18. The summed E-state index contributed by atoms with van der Waals surface area (Å²) in [4.78, 5) is 33.9. The van der Waals surface area contributed by atoms with Crippen molar-refractivity contribution in [3.63, 3.8) is 0 Å². The van der Waals surface area contributed by atoms with Crippen LogP contribution in [-0.4, -0.2) is 59.5 Å². The predicted molar refractivity (Wildman–Crippen MR) is 86.9 cm³/mol. The van der Waals surface area contributed by atoms with E-state index >= 15 is 0 Å². The zero-order chi connectivity index (χ0) is 17.2. The van der Waals surface area contributed by atoms with Gasteiger partial charge in [-0.1, -0.05) is 13.8 Å². The second-order valence-corrected chi connectivity index (χ2v) is 5.73. The maximum Gasteiger partial charge on any atom is 0.274 e. The quantitative estimate of drug-likeness (QED) is 0.736. The number of ether oxygens (including phenoxy) is 1. The first-order valence-corrected chi connectivity index (χ1v) is 7.79. The molecule has 0 aliphatic heterocycles. The molecule has 0 saturated carbocycles. The van der Waals surface area contributed by atoms with Crippen LogP contribution in [0.25, 0.3) is 0 Å². The third kappa shape index (κ3) is 6.73. The van der Waals surface area contributed by atoms with Gasteiger partial charge in [0.2, 0.25) is 5.91 Å². The number of nitrogens with one attached hydrogen (secondary N) is 1. The normalized spacial score (nSPS) is 12.0. The third-order valence-electron chi connectivity index (χ3n) is 3.63. The highest BCUT2D eigenvalue weighted by molar-refractivity contribution is 5.92. The second kappa shape index (κ2) is 9.89. The van der Waals surface area contributed by atoms with Crippen molar-refractivity contribution in [2.24, 2.45) is 5.92 Å². The van der Waals surface area contributed by atoms with Crippen LogP contribution in [0.5, 0.6) is 0 Å². The zero-order valence-corrected chi connectivity index (χ0v) is 14.3. The summed E-state index contributed by atoms with van der Waals surface area (Å²) >= 11 is 0. The summed E-state index contributed by atoms with van der Waals surface area (Å²) in [5.41, 5.74) is 0.263. The molecule has 1 aromatic heterocycles. The highest BCUT2D eigenvalue weighted by Crippen LogP contribution is 2.03. The van der Waals surface area contributed by atoms with Gasteiger partial charge in [-0.2, -0.15) is 0 Å².